The fraction of sp³-hybridized carbons (Fsp3) is 0.529. The van der Waals surface area contributed by atoms with Gasteiger partial charge < -0.3 is 9.08 Å². The molecule has 10 nitrogen and oxygen atoms in total. The molecule has 1 aliphatic rings. The van der Waals surface area contributed by atoms with Crippen molar-refractivity contribution in [3.8, 4) is 5.75 Å². The molecule has 1 saturated heterocycles. The quantitative estimate of drug-likeness (QED) is 0.149. The predicted molar refractivity (Wildman–Crippen MR) is 106 cm³/mol. The maximum absolute atomic E-state index is 13.7. The van der Waals surface area contributed by atoms with E-state index in [2.05, 4.69) is 14.2 Å². The molecule has 2 N–H and O–H groups in total. The fourth-order valence-corrected chi connectivity index (χ4v) is 4.69. The Hall–Kier alpha value is -2.46. The molecule has 0 radical (unpaired) electrons. The van der Waals surface area contributed by atoms with Crippen LogP contribution in [0.1, 0.15) is 37.8 Å². The molecular formula is C17H21F4N3O7S2. The van der Waals surface area contributed by atoms with Crippen LogP contribution in [0.2, 0.25) is 0 Å². The number of halogens is 4. The summed E-state index contributed by atoms with van der Waals surface area (Å²) in [5.74, 6) is -3.32. The van der Waals surface area contributed by atoms with Crippen LogP contribution in [0.5, 0.6) is 5.75 Å². The van der Waals surface area contributed by atoms with E-state index in [0.717, 1.165) is 6.07 Å². The van der Waals surface area contributed by atoms with Crippen LogP contribution in [0, 0.1) is 5.82 Å². The van der Waals surface area contributed by atoms with Crippen LogP contribution in [0.25, 0.3) is 0 Å². The summed E-state index contributed by atoms with van der Waals surface area (Å²) in [5, 5.41) is 2.12. The van der Waals surface area contributed by atoms with Crippen LogP contribution in [-0.2, 0) is 24.9 Å². The molecule has 2 rings (SSSR count). The molecule has 1 unspecified atom stereocenters. The third kappa shape index (κ3) is 7.53. The standard InChI is InChI=1S/C17H21F4N3O7S2/c1-11(12-5-6-13(18)14(9-12)31-33(29,30)17(19,20)21)23-32(27,28)8-4-2-3-7-24-10-15(25)22-16(24)26/h5-6,9,11,23H,2-4,7-8,10H2,1H3,(H,22,25,26). The maximum Gasteiger partial charge on any atom is 0.534 e. The van der Waals surface area contributed by atoms with Gasteiger partial charge in [-0.25, -0.2) is 22.3 Å². The number of nitrogens with zero attached hydrogens (tertiary/aromatic N) is 1. The summed E-state index contributed by atoms with van der Waals surface area (Å²) >= 11 is 0. The summed E-state index contributed by atoms with van der Waals surface area (Å²) in [7, 11) is -9.97. The van der Waals surface area contributed by atoms with E-state index in [4.69, 9.17) is 0 Å². The Labute approximate surface area is 187 Å². The first-order chi connectivity index (χ1) is 15.1. The van der Waals surface area contributed by atoms with Gasteiger partial charge >= 0.3 is 21.7 Å². The number of carbonyl (C=O) groups is 2. The van der Waals surface area contributed by atoms with Gasteiger partial charge in [0.05, 0.1) is 5.75 Å². The van der Waals surface area contributed by atoms with Crippen molar-refractivity contribution in [3.63, 3.8) is 0 Å². The van der Waals surface area contributed by atoms with Crippen molar-refractivity contribution in [2.75, 3.05) is 18.8 Å². The minimum Gasteiger partial charge on any atom is -0.373 e. The van der Waals surface area contributed by atoms with Crippen molar-refractivity contribution >= 4 is 32.1 Å². The van der Waals surface area contributed by atoms with Gasteiger partial charge in [0.1, 0.15) is 6.54 Å². The summed E-state index contributed by atoms with van der Waals surface area (Å²) < 4.78 is 104. The second kappa shape index (κ2) is 10.2. The SMILES string of the molecule is CC(NS(=O)(=O)CCCCCN1CC(=O)NC1=O)c1ccc(F)c(OS(=O)(=O)C(F)(F)F)c1. The van der Waals surface area contributed by atoms with Gasteiger partial charge in [-0.2, -0.15) is 21.6 Å². The molecule has 1 aliphatic heterocycles. The van der Waals surface area contributed by atoms with Crippen LogP contribution >= 0.6 is 0 Å². The Morgan fingerprint density at radius 3 is 2.39 bits per heavy atom. The van der Waals surface area contributed by atoms with Crippen molar-refractivity contribution in [2.24, 2.45) is 0 Å². The first-order valence-electron chi connectivity index (χ1n) is 9.50. The highest BCUT2D eigenvalue weighted by Crippen LogP contribution is 2.30. The van der Waals surface area contributed by atoms with Gasteiger partial charge in [0.2, 0.25) is 15.9 Å². The second-order valence-corrected chi connectivity index (χ2v) is 10.6. The number of urea groups is 1. The molecule has 0 saturated carbocycles. The number of nitrogens with one attached hydrogen (secondary N) is 2. The number of sulfonamides is 1. The normalized spacial score (nSPS) is 16.1. The van der Waals surface area contributed by atoms with Gasteiger partial charge in [-0.3, -0.25) is 10.1 Å². The minimum absolute atomic E-state index is 0.0305. The number of carbonyl (C=O) groups excluding carboxylic acids is 2. The predicted octanol–water partition coefficient (Wildman–Crippen LogP) is 1.76. The number of rotatable bonds is 11. The first-order valence-corrected chi connectivity index (χ1v) is 12.6. The largest absolute Gasteiger partial charge is 0.534 e. The zero-order valence-electron chi connectivity index (χ0n) is 17.2. The molecule has 1 aromatic rings. The monoisotopic (exact) mass is 519 g/mol. The number of amides is 3. The summed E-state index contributed by atoms with van der Waals surface area (Å²) in [6, 6.07) is 0.840. The number of benzene rings is 1. The third-order valence-electron chi connectivity index (χ3n) is 4.50. The summed E-state index contributed by atoms with van der Waals surface area (Å²) in [4.78, 5) is 23.8. The molecule has 1 heterocycles. The van der Waals surface area contributed by atoms with Crippen LogP contribution in [-0.4, -0.2) is 58.0 Å². The van der Waals surface area contributed by atoms with Crippen LogP contribution in [0.15, 0.2) is 18.2 Å². The second-order valence-electron chi connectivity index (χ2n) is 7.17. The smallest absolute Gasteiger partial charge is 0.373 e. The molecule has 1 atom stereocenters. The van der Waals surface area contributed by atoms with Crippen molar-refractivity contribution < 1.29 is 48.2 Å². The average Bonchev–Trinajstić information content (AvgIpc) is 2.98. The lowest BCUT2D eigenvalue weighted by Gasteiger charge is -2.17. The lowest BCUT2D eigenvalue weighted by atomic mass is 10.1. The van der Waals surface area contributed by atoms with E-state index in [0.29, 0.717) is 25.0 Å². The molecule has 0 spiro atoms. The highest BCUT2D eigenvalue weighted by molar-refractivity contribution is 7.89. The van der Waals surface area contributed by atoms with Gasteiger partial charge in [-0.15, -0.1) is 0 Å². The van der Waals surface area contributed by atoms with E-state index >= 15 is 0 Å². The lowest BCUT2D eigenvalue weighted by molar-refractivity contribution is -0.118. The molecule has 0 bridgehead atoms. The van der Waals surface area contributed by atoms with Crippen LogP contribution in [0.3, 0.4) is 0 Å². The molecule has 0 aliphatic carbocycles. The molecule has 1 aromatic carbocycles. The van der Waals surface area contributed by atoms with Crippen molar-refractivity contribution in [3.05, 3.63) is 29.6 Å². The summed E-state index contributed by atoms with van der Waals surface area (Å²) in [6.45, 7) is 1.56. The molecule has 33 heavy (non-hydrogen) atoms. The first kappa shape index (κ1) is 26.8. The molecule has 16 heteroatoms. The Balaban J connectivity index is 1.90. The van der Waals surface area contributed by atoms with Crippen molar-refractivity contribution in [1.29, 1.82) is 0 Å². The van der Waals surface area contributed by atoms with E-state index in [9.17, 15) is 44.0 Å². The number of unbranched alkanes of at least 4 members (excludes halogenated alkanes) is 2. The van der Waals surface area contributed by atoms with Gasteiger partial charge in [-0.05, 0) is 37.5 Å². The lowest BCUT2D eigenvalue weighted by Crippen LogP contribution is -2.30. The highest BCUT2D eigenvalue weighted by atomic mass is 32.2. The number of imide groups is 1. The van der Waals surface area contributed by atoms with Gasteiger partial charge in [0.25, 0.3) is 0 Å². The molecule has 0 aromatic heterocycles. The topological polar surface area (TPSA) is 139 Å². The fourth-order valence-electron chi connectivity index (χ4n) is 2.85. The number of hydrogen-bond acceptors (Lipinski definition) is 7. The Morgan fingerprint density at radius 2 is 1.82 bits per heavy atom. The van der Waals surface area contributed by atoms with Gasteiger partial charge in [0, 0.05) is 12.6 Å². The van der Waals surface area contributed by atoms with Crippen LogP contribution < -0.4 is 14.2 Å². The molecule has 1 fully saturated rings. The number of hydrogen-bond donors (Lipinski definition) is 2. The van der Waals surface area contributed by atoms with Crippen molar-refractivity contribution in [2.45, 2.75) is 37.7 Å². The molecule has 3 amide bonds. The van der Waals surface area contributed by atoms with E-state index in [1.165, 1.54) is 11.8 Å². The number of alkyl halides is 3. The van der Waals surface area contributed by atoms with Crippen molar-refractivity contribution in [1.82, 2.24) is 14.9 Å². The van der Waals surface area contributed by atoms with E-state index in [1.807, 2.05) is 0 Å². The third-order valence-corrected chi connectivity index (χ3v) is 7.01. The zero-order valence-corrected chi connectivity index (χ0v) is 18.8. The van der Waals surface area contributed by atoms with E-state index in [1.54, 1.807) is 0 Å². The highest BCUT2D eigenvalue weighted by Gasteiger charge is 2.49. The summed E-state index contributed by atoms with van der Waals surface area (Å²) in [6.07, 6.45) is 1.10. The Kier molecular flexibility index (Phi) is 8.29. The molecule has 186 valence electrons. The molecular weight excluding hydrogens is 498 g/mol. The Morgan fingerprint density at radius 1 is 1.15 bits per heavy atom. The summed E-state index contributed by atoms with van der Waals surface area (Å²) in [5.41, 5.74) is -5.80. The van der Waals surface area contributed by atoms with Gasteiger partial charge in [-0.1, -0.05) is 12.5 Å². The maximum atomic E-state index is 13.7. The zero-order chi connectivity index (χ0) is 25.0. The van der Waals surface area contributed by atoms with E-state index < -0.39 is 55.2 Å². The van der Waals surface area contributed by atoms with Gasteiger partial charge in [0.15, 0.2) is 11.6 Å². The van der Waals surface area contributed by atoms with Crippen LogP contribution in [0.4, 0.5) is 22.4 Å². The Bertz CT molecular complexity index is 1110. The van der Waals surface area contributed by atoms with E-state index in [-0.39, 0.29) is 30.8 Å². The minimum atomic E-state index is -6.11. The average molecular weight is 519 g/mol.